The van der Waals surface area contributed by atoms with Gasteiger partial charge in [0.15, 0.2) is 0 Å². The molecule has 0 fully saturated rings. The van der Waals surface area contributed by atoms with E-state index in [4.69, 9.17) is 4.74 Å². The van der Waals surface area contributed by atoms with Gasteiger partial charge in [-0.2, -0.15) is 0 Å². The predicted octanol–water partition coefficient (Wildman–Crippen LogP) is 1.32. The molecule has 1 heterocycles. The molecule has 1 N–H and O–H groups in total. The first kappa shape index (κ1) is 9.02. The highest BCUT2D eigenvalue weighted by molar-refractivity contribution is 5.74. The summed E-state index contributed by atoms with van der Waals surface area (Å²) in [7, 11) is 0. The third-order valence-electron chi connectivity index (χ3n) is 2.11. The SMILES string of the molecule is CCOCn1c(=O)[nH]c2ccccc21. The zero-order valence-electron chi connectivity index (χ0n) is 7.99. The van der Waals surface area contributed by atoms with Crippen molar-refractivity contribution in [2.45, 2.75) is 13.7 Å². The van der Waals surface area contributed by atoms with E-state index in [0.29, 0.717) is 13.3 Å². The van der Waals surface area contributed by atoms with E-state index < -0.39 is 0 Å². The van der Waals surface area contributed by atoms with E-state index in [0.717, 1.165) is 11.0 Å². The van der Waals surface area contributed by atoms with E-state index in [2.05, 4.69) is 4.98 Å². The predicted molar refractivity (Wildman–Crippen MR) is 54.2 cm³/mol. The van der Waals surface area contributed by atoms with Gasteiger partial charge in [0.1, 0.15) is 6.73 Å². The first-order valence-electron chi connectivity index (χ1n) is 4.58. The van der Waals surface area contributed by atoms with Crippen molar-refractivity contribution in [1.29, 1.82) is 0 Å². The quantitative estimate of drug-likeness (QED) is 0.797. The molecule has 1 aromatic heterocycles. The van der Waals surface area contributed by atoms with Crippen LogP contribution in [0, 0.1) is 0 Å². The number of para-hydroxylation sites is 2. The Labute approximate surface area is 81.1 Å². The molecule has 0 amide bonds. The minimum Gasteiger partial charge on any atom is -0.361 e. The zero-order chi connectivity index (χ0) is 9.97. The van der Waals surface area contributed by atoms with Gasteiger partial charge in [-0.1, -0.05) is 12.1 Å². The lowest BCUT2D eigenvalue weighted by atomic mass is 10.3. The van der Waals surface area contributed by atoms with Crippen LogP contribution >= 0.6 is 0 Å². The summed E-state index contributed by atoms with van der Waals surface area (Å²) in [5.74, 6) is 0. The maximum absolute atomic E-state index is 11.5. The van der Waals surface area contributed by atoms with Crippen molar-refractivity contribution in [2.24, 2.45) is 0 Å². The largest absolute Gasteiger partial charge is 0.361 e. The summed E-state index contributed by atoms with van der Waals surface area (Å²) < 4.78 is 6.79. The van der Waals surface area contributed by atoms with Crippen LogP contribution in [0.3, 0.4) is 0 Å². The molecule has 0 aliphatic rings. The molecule has 4 nitrogen and oxygen atoms in total. The fraction of sp³-hybridized carbons (Fsp3) is 0.300. The van der Waals surface area contributed by atoms with E-state index >= 15 is 0 Å². The summed E-state index contributed by atoms with van der Waals surface area (Å²) in [6, 6.07) is 7.56. The smallest absolute Gasteiger partial charge is 0.328 e. The van der Waals surface area contributed by atoms with Crippen molar-refractivity contribution in [1.82, 2.24) is 9.55 Å². The van der Waals surface area contributed by atoms with Crippen LogP contribution in [0.4, 0.5) is 0 Å². The van der Waals surface area contributed by atoms with Gasteiger partial charge < -0.3 is 9.72 Å². The average Bonchev–Trinajstić information content (AvgIpc) is 2.51. The van der Waals surface area contributed by atoms with Crippen LogP contribution in [0.25, 0.3) is 11.0 Å². The molecule has 0 aliphatic heterocycles. The number of hydrogen-bond acceptors (Lipinski definition) is 2. The highest BCUT2D eigenvalue weighted by Crippen LogP contribution is 2.08. The molecule has 0 atom stereocenters. The Bertz CT molecular complexity index is 484. The van der Waals surface area contributed by atoms with Crippen molar-refractivity contribution in [3.63, 3.8) is 0 Å². The lowest BCUT2D eigenvalue weighted by Crippen LogP contribution is -2.18. The summed E-state index contributed by atoms with van der Waals surface area (Å²) in [6.45, 7) is 2.81. The average molecular weight is 192 g/mol. The number of benzene rings is 1. The van der Waals surface area contributed by atoms with Gasteiger partial charge in [-0.3, -0.25) is 4.57 Å². The summed E-state index contributed by atoms with van der Waals surface area (Å²) in [5.41, 5.74) is 1.60. The van der Waals surface area contributed by atoms with Crippen LogP contribution in [0.1, 0.15) is 6.92 Å². The molecular formula is C10H12N2O2. The van der Waals surface area contributed by atoms with Gasteiger partial charge in [0.2, 0.25) is 0 Å². The molecule has 0 saturated carbocycles. The van der Waals surface area contributed by atoms with Crippen LogP contribution in [-0.4, -0.2) is 16.2 Å². The second kappa shape index (κ2) is 3.67. The van der Waals surface area contributed by atoms with Crippen molar-refractivity contribution >= 4 is 11.0 Å². The van der Waals surface area contributed by atoms with E-state index in [1.807, 2.05) is 31.2 Å². The number of hydrogen-bond donors (Lipinski definition) is 1. The van der Waals surface area contributed by atoms with Crippen molar-refractivity contribution in [3.8, 4) is 0 Å². The molecule has 0 aliphatic carbocycles. The van der Waals surface area contributed by atoms with Crippen LogP contribution in [0.15, 0.2) is 29.1 Å². The first-order chi connectivity index (χ1) is 6.83. The minimum absolute atomic E-state index is 0.125. The van der Waals surface area contributed by atoms with Crippen molar-refractivity contribution in [3.05, 3.63) is 34.7 Å². The maximum atomic E-state index is 11.5. The fourth-order valence-electron chi connectivity index (χ4n) is 1.42. The number of imidazole rings is 1. The standard InChI is InChI=1S/C10H12N2O2/c1-2-14-7-12-9-6-4-3-5-8(9)11-10(12)13/h3-6H,2,7H2,1H3,(H,11,13). The number of rotatable bonds is 3. The van der Waals surface area contributed by atoms with Gasteiger partial charge in [0.25, 0.3) is 0 Å². The Kier molecular flexibility index (Phi) is 2.37. The molecule has 4 heteroatoms. The third kappa shape index (κ3) is 1.44. The molecule has 14 heavy (non-hydrogen) atoms. The van der Waals surface area contributed by atoms with Gasteiger partial charge in [-0.15, -0.1) is 0 Å². The Morgan fingerprint density at radius 2 is 2.21 bits per heavy atom. The van der Waals surface area contributed by atoms with Gasteiger partial charge in [0, 0.05) is 6.61 Å². The number of nitrogens with zero attached hydrogens (tertiary/aromatic N) is 1. The lowest BCUT2D eigenvalue weighted by molar-refractivity contribution is 0.0884. The van der Waals surface area contributed by atoms with Crippen LogP contribution in [-0.2, 0) is 11.5 Å². The van der Waals surface area contributed by atoms with E-state index in [1.165, 1.54) is 0 Å². The van der Waals surface area contributed by atoms with Crippen LogP contribution in [0.2, 0.25) is 0 Å². The number of ether oxygens (including phenoxy) is 1. The third-order valence-corrected chi connectivity index (χ3v) is 2.11. The highest BCUT2D eigenvalue weighted by Gasteiger charge is 2.04. The van der Waals surface area contributed by atoms with Gasteiger partial charge in [0.05, 0.1) is 11.0 Å². The summed E-state index contributed by atoms with van der Waals surface area (Å²) in [4.78, 5) is 14.2. The molecule has 0 saturated heterocycles. The minimum atomic E-state index is -0.125. The highest BCUT2D eigenvalue weighted by atomic mass is 16.5. The van der Waals surface area contributed by atoms with Crippen molar-refractivity contribution in [2.75, 3.05) is 6.61 Å². The second-order valence-electron chi connectivity index (χ2n) is 3.00. The van der Waals surface area contributed by atoms with E-state index in [1.54, 1.807) is 4.57 Å². The number of aromatic nitrogens is 2. The fourth-order valence-corrected chi connectivity index (χ4v) is 1.42. The molecule has 2 rings (SSSR count). The topological polar surface area (TPSA) is 47.0 Å². The number of nitrogens with one attached hydrogen (secondary N) is 1. The molecule has 0 bridgehead atoms. The molecule has 0 spiro atoms. The van der Waals surface area contributed by atoms with E-state index in [9.17, 15) is 4.79 Å². The second-order valence-corrected chi connectivity index (χ2v) is 3.00. The van der Waals surface area contributed by atoms with E-state index in [-0.39, 0.29) is 5.69 Å². The molecule has 2 aromatic rings. The lowest BCUT2D eigenvalue weighted by Gasteiger charge is -2.01. The Morgan fingerprint density at radius 3 is 3.00 bits per heavy atom. The summed E-state index contributed by atoms with van der Waals surface area (Å²) in [6.07, 6.45) is 0. The number of fused-ring (bicyclic) bond motifs is 1. The maximum Gasteiger partial charge on any atom is 0.328 e. The van der Waals surface area contributed by atoms with Crippen LogP contribution in [0.5, 0.6) is 0 Å². The number of aromatic amines is 1. The molecular weight excluding hydrogens is 180 g/mol. The van der Waals surface area contributed by atoms with Gasteiger partial charge in [-0.05, 0) is 19.1 Å². The monoisotopic (exact) mass is 192 g/mol. The Balaban J connectivity index is 2.51. The summed E-state index contributed by atoms with van der Waals surface area (Å²) in [5, 5.41) is 0. The Morgan fingerprint density at radius 1 is 1.43 bits per heavy atom. The molecule has 74 valence electrons. The number of H-pyrrole nitrogens is 1. The van der Waals surface area contributed by atoms with Gasteiger partial charge >= 0.3 is 5.69 Å². The summed E-state index contributed by atoms with van der Waals surface area (Å²) >= 11 is 0. The van der Waals surface area contributed by atoms with Crippen molar-refractivity contribution < 1.29 is 4.74 Å². The zero-order valence-corrected chi connectivity index (χ0v) is 7.99. The van der Waals surface area contributed by atoms with Gasteiger partial charge in [-0.25, -0.2) is 4.79 Å². The molecule has 0 radical (unpaired) electrons. The van der Waals surface area contributed by atoms with Crippen LogP contribution < -0.4 is 5.69 Å². The molecule has 0 unspecified atom stereocenters. The Hall–Kier alpha value is -1.55. The normalized spacial score (nSPS) is 10.9. The first-order valence-corrected chi connectivity index (χ1v) is 4.58. The molecule has 1 aromatic carbocycles.